The minimum absolute atomic E-state index is 0.196. The molecule has 1 N–H and O–H groups in total. The smallest absolute Gasteiger partial charge is 0.259 e. The van der Waals surface area contributed by atoms with Crippen LogP contribution < -0.4 is 10.1 Å². The summed E-state index contributed by atoms with van der Waals surface area (Å²) in [7, 11) is -2.15. The molecule has 0 unspecified atom stereocenters. The number of anilines is 1. The third kappa shape index (κ3) is 6.20. The van der Waals surface area contributed by atoms with E-state index in [4.69, 9.17) is 16.3 Å². The molecule has 1 amide bonds. The van der Waals surface area contributed by atoms with Crippen molar-refractivity contribution in [1.29, 1.82) is 0 Å². The lowest BCUT2D eigenvalue weighted by Gasteiger charge is -2.25. The molecule has 0 aromatic heterocycles. The fraction of sp³-hybridized carbons (Fsp3) is 0.409. The van der Waals surface area contributed by atoms with Gasteiger partial charge in [-0.2, -0.15) is 4.31 Å². The van der Waals surface area contributed by atoms with Crippen molar-refractivity contribution in [2.24, 2.45) is 11.8 Å². The van der Waals surface area contributed by atoms with Crippen LogP contribution in [0.4, 0.5) is 5.69 Å². The third-order valence-electron chi connectivity index (χ3n) is 4.29. The predicted molar refractivity (Wildman–Crippen MR) is 121 cm³/mol. The number of ether oxygens (including phenoxy) is 1. The van der Waals surface area contributed by atoms with Gasteiger partial charge in [-0.25, -0.2) is 8.42 Å². The molecule has 0 saturated heterocycles. The van der Waals surface area contributed by atoms with E-state index >= 15 is 0 Å². The maximum atomic E-state index is 13.1. The second-order valence-corrected chi connectivity index (χ2v) is 10.3. The Kier molecular flexibility index (Phi) is 8.29. The Bertz CT molecular complexity index is 963. The van der Waals surface area contributed by atoms with Crippen LogP contribution in [0.3, 0.4) is 0 Å². The molecule has 0 aliphatic heterocycles. The molecule has 0 aliphatic carbocycles. The predicted octanol–water partition coefficient (Wildman–Crippen LogP) is 4.90. The molecule has 2 aromatic rings. The number of carbonyl (C=O) groups excluding carboxylic acids is 1. The van der Waals surface area contributed by atoms with E-state index in [1.807, 2.05) is 27.7 Å². The Morgan fingerprint density at radius 1 is 1.03 bits per heavy atom. The first-order valence-corrected chi connectivity index (χ1v) is 11.6. The highest BCUT2D eigenvalue weighted by molar-refractivity contribution is 7.89. The lowest BCUT2D eigenvalue weighted by atomic mass is 10.2. The number of sulfonamides is 1. The molecule has 8 heteroatoms. The molecule has 2 aromatic carbocycles. The molecule has 0 heterocycles. The van der Waals surface area contributed by atoms with Crippen LogP contribution in [0.5, 0.6) is 5.75 Å². The first kappa shape index (κ1) is 24.2. The number of halogens is 1. The van der Waals surface area contributed by atoms with Crippen LogP contribution in [-0.4, -0.2) is 38.8 Å². The van der Waals surface area contributed by atoms with E-state index in [2.05, 4.69) is 5.32 Å². The Labute approximate surface area is 184 Å². The molecule has 2 rings (SSSR count). The summed E-state index contributed by atoms with van der Waals surface area (Å²) < 4.78 is 32.9. The van der Waals surface area contributed by atoms with Crippen LogP contribution in [0.2, 0.25) is 5.02 Å². The van der Waals surface area contributed by atoms with Crippen LogP contribution in [0.15, 0.2) is 47.4 Å². The summed E-state index contributed by atoms with van der Waals surface area (Å²) in [6.45, 7) is 8.87. The SMILES string of the molecule is COc1ccc(Cl)cc1C(=O)Nc1ccc(S(=O)(=O)N(CC(C)C)CC(C)C)cc1. The summed E-state index contributed by atoms with van der Waals surface area (Å²) >= 11 is 5.99. The van der Waals surface area contributed by atoms with Gasteiger partial charge >= 0.3 is 0 Å². The van der Waals surface area contributed by atoms with Crippen LogP contribution in [0, 0.1) is 11.8 Å². The molecule has 0 spiro atoms. The Balaban J connectivity index is 2.23. The molecular weight excluding hydrogens is 424 g/mol. The number of amides is 1. The Hall–Kier alpha value is -2.09. The molecule has 0 radical (unpaired) electrons. The van der Waals surface area contributed by atoms with Crippen molar-refractivity contribution in [2.75, 3.05) is 25.5 Å². The minimum Gasteiger partial charge on any atom is -0.496 e. The normalized spacial score (nSPS) is 11.9. The number of rotatable bonds is 9. The number of hydrogen-bond donors (Lipinski definition) is 1. The van der Waals surface area contributed by atoms with Gasteiger partial charge in [0.1, 0.15) is 5.75 Å². The average Bonchev–Trinajstić information content (AvgIpc) is 2.67. The molecular formula is C22H29ClN2O4S. The standard InChI is InChI=1S/C22H29ClN2O4S/c1-15(2)13-25(14-16(3)4)30(27,28)19-9-7-18(8-10-19)24-22(26)20-12-17(23)6-11-21(20)29-5/h6-12,15-16H,13-14H2,1-5H3,(H,24,26). The van der Waals surface area contributed by atoms with Crippen molar-refractivity contribution in [3.8, 4) is 5.75 Å². The van der Waals surface area contributed by atoms with E-state index in [1.54, 1.807) is 24.3 Å². The van der Waals surface area contributed by atoms with Gasteiger partial charge in [0, 0.05) is 23.8 Å². The maximum absolute atomic E-state index is 13.1. The van der Waals surface area contributed by atoms with Crippen molar-refractivity contribution in [1.82, 2.24) is 4.31 Å². The third-order valence-corrected chi connectivity index (χ3v) is 6.37. The lowest BCUT2D eigenvalue weighted by Crippen LogP contribution is -2.37. The zero-order chi connectivity index (χ0) is 22.5. The number of hydrogen-bond acceptors (Lipinski definition) is 4. The topological polar surface area (TPSA) is 75.7 Å². The minimum atomic E-state index is -3.62. The summed E-state index contributed by atoms with van der Waals surface area (Å²) in [4.78, 5) is 12.8. The van der Waals surface area contributed by atoms with Gasteiger partial charge in [-0.15, -0.1) is 0 Å². The number of benzene rings is 2. The van der Waals surface area contributed by atoms with Gasteiger partial charge in [-0.05, 0) is 54.3 Å². The summed E-state index contributed by atoms with van der Waals surface area (Å²) in [6.07, 6.45) is 0. The highest BCUT2D eigenvalue weighted by atomic mass is 35.5. The average molecular weight is 453 g/mol. The summed E-state index contributed by atoms with van der Waals surface area (Å²) in [5, 5.41) is 3.16. The van der Waals surface area contributed by atoms with Crippen molar-refractivity contribution in [3.63, 3.8) is 0 Å². The van der Waals surface area contributed by atoms with Crippen LogP contribution in [0.25, 0.3) is 0 Å². The lowest BCUT2D eigenvalue weighted by molar-refractivity contribution is 0.102. The van der Waals surface area contributed by atoms with Crippen LogP contribution >= 0.6 is 11.6 Å². The van der Waals surface area contributed by atoms with Crippen LogP contribution in [0.1, 0.15) is 38.1 Å². The highest BCUT2D eigenvalue weighted by Gasteiger charge is 2.26. The van der Waals surface area contributed by atoms with E-state index in [-0.39, 0.29) is 16.7 Å². The first-order valence-electron chi connectivity index (χ1n) is 9.79. The Morgan fingerprint density at radius 3 is 2.10 bits per heavy atom. The van der Waals surface area contributed by atoms with E-state index in [9.17, 15) is 13.2 Å². The van der Waals surface area contributed by atoms with Crippen molar-refractivity contribution in [2.45, 2.75) is 32.6 Å². The fourth-order valence-corrected chi connectivity index (χ4v) is 4.94. The van der Waals surface area contributed by atoms with E-state index < -0.39 is 15.9 Å². The zero-order valence-electron chi connectivity index (χ0n) is 18.0. The number of nitrogens with zero attached hydrogens (tertiary/aromatic N) is 1. The van der Waals surface area contributed by atoms with Gasteiger partial charge in [0.15, 0.2) is 0 Å². The number of carbonyl (C=O) groups is 1. The van der Waals surface area contributed by atoms with Crippen molar-refractivity contribution in [3.05, 3.63) is 53.1 Å². The molecule has 0 fully saturated rings. The van der Waals surface area contributed by atoms with Gasteiger partial charge < -0.3 is 10.1 Å². The largest absolute Gasteiger partial charge is 0.496 e. The van der Waals surface area contributed by atoms with Gasteiger partial charge in [0.05, 0.1) is 17.6 Å². The summed E-state index contributed by atoms with van der Waals surface area (Å²) in [5.74, 6) is 0.426. The molecule has 0 saturated carbocycles. The Morgan fingerprint density at radius 2 is 1.60 bits per heavy atom. The van der Waals surface area contributed by atoms with E-state index in [0.29, 0.717) is 35.1 Å². The van der Waals surface area contributed by atoms with E-state index in [1.165, 1.54) is 29.6 Å². The maximum Gasteiger partial charge on any atom is 0.259 e. The molecule has 164 valence electrons. The second-order valence-electron chi connectivity index (χ2n) is 7.93. The van der Waals surface area contributed by atoms with Crippen LogP contribution in [-0.2, 0) is 10.0 Å². The summed E-state index contributed by atoms with van der Waals surface area (Å²) in [6, 6.07) is 10.9. The quantitative estimate of drug-likeness (QED) is 0.586. The zero-order valence-corrected chi connectivity index (χ0v) is 19.5. The van der Waals surface area contributed by atoms with Gasteiger partial charge in [0.25, 0.3) is 5.91 Å². The van der Waals surface area contributed by atoms with Gasteiger partial charge in [-0.1, -0.05) is 39.3 Å². The molecule has 0 atom stereocenters. The number of methoxy groups -OCH3 is 1. The van der Waals surface area contributed by atoms with Crippen molar-refractivity contribution < 1.29 is 17.9 Å². The molecule has 6 nitrogen and oxygen atoms in total. The molecule has 30 heavy (non-hydrogen) atoms. The fourth-order valence-electron chi connectivity index (χ4n) is 3.00. The van der Waals surface area contributed by atoms with Gasteiger partial charge in [-0.3, -0.25) is 4.79 Å². The molecule has 0 aliphatic rings. The number of nitrogens with one attached hydrogen (secondary N) is 1. The highest BCUT2D eigenvalue weighted by Crippen LogP contribution is 2.25. The first-order chi connectivity index (χ1) is 14.0. The van der Waals surface area contributed by atoms with Gasteiger partial charge in [0.2, 0.25) is 10.0 Å². The summed E-state index contributed by atoms with van der Waals surface area (Å²) in [5.41, 5.74) is 0.766. The van der Waals surface area contributed by atoms with Crippen molar-refractivity contribution >= 4 is 33.2 Å². The second kappa shape index (κ2) is 10.3. The molecule has 0 bridgehead atoms. The monoisotopic (exact) mass is 452 g/mol. The van der Waals surface area contributed by atoms with E-state index in [0.717, 1.165) is 0 Å².